The minimum absolute atomic E-state index is 0.166. The zero-order chi connectivity index (χ0) is 16.2. The van der Waals surface area contributed by atoms with Gasteiger partial charge in [0.2, 0.25) is 0 Å². The van der Waals surface area contributed by atoms with E-state index in [4.69, 9.17) is 24.7 Å². The summed E-state index contributed by atoms with van der Waals surface area (Å²) < 4.78 is 25.3. The quantitative estimate of drug-likeness (QED) is 0.851. The summed E-state index contributed by atoms with van der Waals surface area (Å²) in [5.41, 5.74) is 6.98. The first-order chi connectivity index (χ1) is 11.0. The summed E-state index contributed by atoms with van der Waals surface area (Å²) in [4.78, 5) is 12.5. The molecule has 0 spiro atoms. The molecule has 4 atom stereocenters. The molecular formula is C14H19N5O4. The Hall–Kier alpha value is -1.81. The van der Waals surface area contributed by atoms with Gasteiger partial charge in [-0.05, 0) is 13.8 Å². The van der Waals surface area contributed by atoms with Crippen molar-refractivity contribution in [2.45, 2.75) is 44.2 Å². The van der Waals surface area contributed by atoms with Crippen LogP contribution in [-0.2, 0) is 18.9 Å². The highest BCUT2D eigenvalue weighted by Gasteiger charge is 2.52. The maximum absolute atomic E-state index is 6.00. The van der Waals surface area contributed by atoms with Crippen LogP contribution in [0.4, 0.5) is 5.82 Å². The number of aromatic nitrogens is 4. The lowest BCUT2D eigenvalue weighted by Crippen LogP contribution is -2.50. The third-order valence-electron chi connectivity index (χ3n) is 4.19. The summed E-state index contributed by atoms with van der Waals surface area (Å²) in [5.74, 6) is -0.327. The molecule has 23 heavy (non-hydrogen) atoms. The molecule has 0 radical (unpaired) electrons. The van der Waals surface area contributed by atoms with E-state index in [2.05, 4.69) is 15.0 Å². The Kier molecular flexibility index (Phi) is 3.27. The van der Waals surface area contributed by atoms with Crippen molar-refractivity contribution in [2.24, 2.45) is 0 Å². The minimum atomic E-state index is -0.659. The van der Waals surface area contributed by atoms with Crippen molar-refractivity contribution in [3.05, 3.63) is 12.7 Å². The zero-order valence-electron chi connectivity index (χ0n) is 13.2. The molecule has 2 saturated heterocycles. The predicted octanol–water partition coefficient (Wildman–Crippen LogP) is 0.472. The largest absolute Gasteiger partial charge is 0.382 e. The third kappa shape index (κ3) is 2.27. The SMILES string of the molecule is CO[C@@H]1[C@H]2OC(C)(C)O[C@H]2CO[C@H]1n1cnc2c(N)ncnc21. The summed E-state index contributed by atoms with van der Waals surface area (Å²) in [7, 11) is 1.63. The second-order valence-electron chi connectivity index (χ2n) is 6.15. The number of imidazole rings is 1. The number of nitrogen functional groups attached to an aromatic ring is 1. The van der Waals surface area contributed by atoms with Crippen molar-refractivity contribution in [1.82, 2.24) is 19.5 Å². The van der Waals surface area contributed by atoms with Crippen molar-refractivity contribution >= 4 is 17.0 Å². The number of ether oxygens (including phenoxy) is 4. The van der Waals surface area contributed by atoms with E-state index in [9.17, 15) is 0 Å². The van der Waals surface area contributed by atoms with Gasteiger partial charge in [0.1, 0.15) is 30.2 Å². The number of anilines is 1. The lowest BCUT2D eigenvalue weighted by atomic mass is 10.0. The Morgan fingerprint density at radius 1 is 1.30 bits per heavy atom. The van der Waals surface area contributed by atoms with Gasteiger partial charge in [0.05, 0.1) is 12.9 Å². The molecule has 0 aliphatic carbocycles. The summed E-state index contributed by atoms with van der Waals surface area (Å²) in [6, 6.07) is 0. The van der Waals surface area contributed by atoms with Crippen LogP contribution >= 0.6 is 0 Å². The molecule has 2 aromatic heterocycles. The summed E-state index contributed by atoms with van der Waals surface area (Å²) in [5, 5.41) is 0. The zero-order valence-corrected chi connectivity index (χ0v) is 13.2. The van der Waals surface area contributed by atoms with Crippen molar-refractivity contribution in [2.75, 3.05) is 19.5 Å². The van der Waals surface area contributed by atoms with E-state index >= 15 is 0 Å². The van der Waals surface area contributed by atoms with Crippen LogP contribution in [0.25, 0.3) is 11.2 Å². The van der Waals surface area contributed by atoms with E-state index in [0.29, 0.717) is 23.6 Å². The van der Waals surface area contributed by atoms with Crippen LogP contribution < -0.4 is 5.73 Å². The standard InChI is InChI=1S/C14H19N5O4/c1-14(2)22-7-4-21-13(10(20-3)9(7)23-14)19-6-18-8-11(15)16-5-17-12(8)19/h5-7,9-10,13H,4H2,1-3H3,(H2,15,16,17)/t7-,9-,10+,13+/m0/s1. The molecule has 0 bridgehead atoms. The Labute approximate surface area is 132 Å². The minimum Gasteiger partial charge on any atom is -0.382 e. The summed E-state index contributed by atoms with van der Waals surface area (Å²) in [6.07, 6.45) is 1.85. The second-order valence-corrected chi connectivity index (χ2v) is 6.15. The van der Waals surface area contributed by atoms with Crippen molar-refractivity contribution < 1.29 is 18.9 Å². The average Bonchev–Trinajstić information content (AvgIpc) is 3.06. The highest BCUT2D eigenvalue weighted by molar-refractivity contribution is 5.81. The van der Waals surface area contributed by atoms with Gasteiger partial charge >= 0.3 is 0 Å². The van der Waals surface area contributed by atoms with Gasteiger partial charge in [-0.25, -0.2) is 15.0 Å². The molecule has 2 N–H and O–H groups in total. The number of methoxy groups -OCH3 is 1. The van der Waals surface area contributed by atoms with Crippen molar-refractivity contribution in [3.8, 4) is 0 Å². The lowest BCUT2D eigenvalue weighted by molar-refractivity contribution is -0.191. The summed E-state index contributed by atoms with van der Waals surface area (Å²) >= 11 is 0. The first kappa shape index (κ1) is 14.8. The molecule has 0 amide bonds. The molecule has 2 fully saturated rings. The topological polar surface area (TPSA) is 107 Å². The predicted molar refractivity (Wildman–Crippen MR) is 79.3 cm³/mol. The van der Waals surface area contributed by atoms with E-state index in [1.54, 1.807) is 18.0 Å². The maximum atomic E-state index is 6.00. The molecule has 4 rings (SSSR count). The highest BCUT2D eigenvalue weighted by atomic mass is 16.8. The fraction of sp³-hybridized carbons (Fsp3) is 0.643. The average molecular weight is 321 g/mol. The molecule has 2 aromatic rings. The molecule has 4 heterocycles. The van der Waals surface area contributed by atoms with Crippen LogP contribution in [0.5, 0.6) is 0 Å². The molecule has 2 aliphatic rings. The van der Waals surface area contributed by atoms with E-state index in [1.165, 1.54) is 6.33 Å². The number of fused-ring (bicyclic) bond motifs is 2. The Morgan fingerprint density at radius 3 is 2.91 bits per heavy atom. The number of rotatable bonds is 2. The van der Waals surface area contributed by atoms with Gasteiger partial charge in [-0.1, -0.05) is 0 Å². The summed E-state index contributed by atoms with van der Waals surface area (Å²) in [6.45, 7) is 4.17. The number of hydrogen-bond acceptors (Lipinski definition) is 8. The van der Waals surface area contributed by atoms with Crippen LogP contribution in [0.1, 0.15) is 20.1 Å². The van der Waals surface area contributed by atoms with Gasteiger partial charge < -0.3 is 24.7 Å². The maximum Gasteiger partial charge on any atom is 0.167 e. The molecule has 2 aliphatic heterocycles. The van der Waals surface area contributed by atoms with Gasteiger partial charge in [-0.2, -0.15) is 0 Å². The monoisotopic (exact) mass is 321 g/mol. The Balaban J connectivity index is 1.72. The number of hydrogen-bond donors (Lipinski definition) is 1. The fourth-order valence-electron chi connectivity index (χ4n) is 3.27. The molecule has 0 aromatic carbocycles. The lowest BCUT2D eigenvalue weighted by Gasteiger charge is -2.37. The van der Waals surface area contributed by atoms with Crippen molar-refractivity contribution in [3.63, 3.8) is 0 Å². The van der Waals surface area contributed by atoms with Crippen LogP contribution in [0.2, 0.25) is 0 Å². The molecule has 9 heteroatoms. The number of nitrogens with two attached hydrogens (primary N) is 1. The molecule has 124 valence electrons. The molecule has 9 nitrogen and oxygen atoms in total. The normalized spacial score (nSPS) is 33.0. The van der Waals surface area contributed by atoms with Crippen LogP contribution in [0, 0.1) is 0 Å². The molecule has 0 saturated carbocycles. The van der Waals surface area contributed by atoms with Gasteiger partial charge in [-0.3, -0.25) is 4.57 Å². The van der Waals surface area contributed by atoms with Gasteiger partial charge in [0.25, 0.3) is 0 Å². The molecule has 0 unspecified atom stereocenters. The smallest absolute Gasteiger partial charge is 0.167 e. The fourth-order valence-corrected chi connectivity index (χ4v) is 3.27. The van der Waals surface area contributed by atoms with Gasteiger partial charge in [0, 0.05) is 7.11 Å². The van der Waals surface area contributed by atoms with Crippen molar-refractivity contribution in [1.29, 1.82) is 0 Å². The van der Waals surface area contributed by atoms with E-state index in [0.717, 1.165) is 0 Å². The highest BCUT2D eigenvalue weighted by Crippen LogP contribution is 2.39. The van der Waals surface area contributed by atoms with E-state index < -0.39 is 12.0 Å². The second kappa shape index (κ2) is 5.10. The van der Waals surface area contributed by atoms with Gasteiger partial charge in [0.15, 0.2) is 23.5 Å². The third-order valence-corrected chi connectivity index (χ3v) is 4.19. The van der Waals surface area contributed by atoms with Crippen LogP contribution in [0.3, 0.4) is 0 Å². The van der Waals surface area contributed by atoms with Gasteiger partial charge in [-0.15, -0.1) is 0 Å². The van der Waals surface area contributed by atoms with Crippen LogP contribution in [-0.4, -0.2) is 57.3 Å². The number of nitrogens with zero attached hydrogens (tertiary/aromatic N) is 4. The first-order valence-electron chi connectivity index (χ1n) is 7.43. The Bertz CT molecular complexity index is 733. The van der Waals surface area contributed by atoms with E-state index in [1.807, 2.05) is 13.8 Å². The van der Waals surface area contributed by atoms with E-state index in [-0.39, 0.29) is 18.3 Å². The Morgan fingerprint density at radius 2 is 2.13 bits per heavy atom. The first-order valence-corrected chi connectivity index (χ1v) is 7.43. The van der Waals surface area contributed by atoms with Crippen LogP contribution in [0.15, 0.2) is 12.7 Å². The molecular weight excluding hydrogens is 302 g/mol.